The predicted molar refractivity (Wildman–Crippen MR) is 184 cm³/mol. The van der Waals surface area contributed by atoms with Crippen LogP contribution in [0.1, 0.15) is 60.4 Å². The van der Waals surface area contributed by atoms with E-state index < -0.39 is 41.9 Å². The molecule has 4 amide bonds. The molecule has 0 bridgehead atoms. The second-order valence-corrected chi connectivity index (χ2v) is 12.4. The Hall–Kier alpha value is -4.41. The molecule has 1 fully saturated rings. The van der Waals surface area contributed by atoms with Crippen molar-refractivity contribution in [3.8, 4) is 5.75 Å². The number of nitrogens with two attached hydrogens (primary N) is 2. The van der Waals surface area contributed by atoms with Crippen LogP contribution in [0.15, 0.2) is 72.8 Å². The molecule has 1 heterocycles. The molecule has 0 radical (unpaired) electrons. The van der Waals surface area contributed by atoms with Gasteiger partial charge in [0.1, 0.15) is 23.9 Å². The van der Waals surface area contributed by atoms with E-state index in [9.17, 15) is 24.3 Å². The standard InChI is InChI=1S/C36H45N5O5.ClH/c1-22(2)27-12-7-9-23(3)28(27)21-31(34(44)39-30(33(38)43)20-24-10-5-4-6-11-24)40-35(45)32-13-8-18-41(32)36(46)29(37)19-25-14-16-26(42)17-15-25;/h4-7,9-12,14-17,22,29-32,42H,8,13,18-21,37H2,1-3H3,(H2,38,43)(H,39,44)(H,40,45);1H/t29-,30-,31-,32-;/m0./s1. The van der Waals surface area contributed by atoms with Crippen LogP contribution in [0.4, 0.5) is 0 Å². The van der Waals surface area contributed by atoms with Gasteiger partial charge in [0, 0.05) is 19.4 Å². The van der Waals surface area contributed by atoms with Gasteiger partial charge in [0.15, 0.2) is 0 Å². The van der Waals surface area contributed by atoms with Gasteiger partial charge in [-0.2, -0.15) is 0 Å². The molecule has 0 aliphatic carbocycles. The average Bonchev–Trinajstić information content (AvgIpc) is 3.52. The van der Waals surface area contributed by atoms with Gasteiger partial charge in [0.2, 0.25) is 23.6 Å². The van der Waals surface area contributed by atoms with Crippen LogP contribution >= 0.6 is 12.4 Å². The molecule has 3 aromatic rings. The van der Waals surface area contributed by atoms with Crippen LogP contribution in [0, 0.1) is 6.92 Å². The van der Waals surface area contributed by atoms with Gasteiger partial charge in [0.25, 0.3) is 0 Å². The van der Waals surface area contributed by atoms with Crippen LogP contribution < -0.4 is 22.1 Å². The molecule has 1 saturated heterocycles. The van der Waals surface area contributed by atoms with Gasteiger partial charge >= 0.3 is 0 Å². The number of nitrogens with one attached hydrogen (secondary N) is 2. The summed E-state index contributed by atoms with van der Waals surface area (Å²) in [6.45, 7) is 6.47. The highest BCUT2D eigenvalue weighted by molar-refractivity contribution is 5.95. The van der Waals surface area contributed by atoms with Crippen molar-refractivity contribution in [3.05, 3.63) is 101 Å². The van der Waals surface area contributed by atoms with E-state index in [0.29, 0.717) is 19.4 Å². The Morgan fingerprint density at radius 2 is 1.53 bits per heavy atom. The first kappa shape index (κ1) is 37.1. The number of halogens is 1. The number of carbonyl (C=O) groups is 4. The molecule has 47 heavy (non-hydrogen) atoms. The Morgan fingerprint density at radius 1 is 0.872 bits per heavy atom. The van der Waals surface area contributed by atoms with Gasteiger partial charge in [0.05, 0.1) is 6.04 Å². The molecule has 4 atom stereocenters. The lowest BCUT2D eigenvalue weighted by molar-refractivity contribution is -0.140. The average molecular weight is 664 g/mol. The van der Waals surface area contributed by atoms with Gasteiger partial charge in [-0.1, -0.05) is 74.5 Å². The fourth-order valence-corrected chi connectivity index (χ4v) is 6.06. The highest BCUT2D eigenvalue weighted by atomic mass is 35.5. The van der Waals surface area contributed by atoms with E-state index in [4.69, 9.17) is 11.5 Å². The summed E-state index contributed by atoms with van der Waals surface area (Å²) in [7, 11) is 0. The van der Waals surface area contributed by atoms with E-state index in [-0.39, 0.29) is 49.2 Å². The molecule has 0 saturated carbocycles. The van der Waals surface area contributed by atoms with Crippen molar-refractivity contribution >= 4 is 36.0 Å². The molecule has 0 aromatic heterocycles. The smallest absolute Gasteiger partial charge is 0.243 e. The zero-order chi connectivity index (χ0) is 33.4. The zero-order valence-electron chi connectivity index (χ0n) is 27.1. The lowest BCUT2D eigenvalue weighted by Gasteiger charge is -2.29. The molecule has 7 N–H and O–H groups in total. The maximum Gasteiger partial charge on any atom is 0.243 e. The molecule has 1 aliphatic rings. The van der Waals surface area contributed by atoms with E-state index in [0.717, 1.165) is 27.8 Å². The second-order valence-electron chi connectivity index (χ2n) is 12.4. The minimum Gasteiger partial charge on any atom is -0.508 e. The number of phenolic OH excluding ortho intramolecular Hbond substituents is 1. The molecule has 11 heteroatoms. The minimum atomic E-state index is -1.04. The van der Waals surface area contributed by atoms with E-state index in [2.05, 4.69) is 24.5 Å². The topological polar surface area (TPSA) is 168 Å². The number of likely N-dealkylation sites (tertiary alicyclic amines) is 1. The number of aryl methyl sites for hydroxylation is 1. The molecular formula is C36H46ClN5O5. The number of hydrogen-bond donors (Lipinski definition) is 5. The lowest BCUT2D eigenvalue weighted by Crippen LogP contribution is -2.58. The maximum atomic E-state index is 13.9. The number of rotatable bonds is 13. The van der Waals surface area contributed by atoms with Gasteiger partial charge in [-0.3, -0.25) is 19.2 Å². The molecule has 3 aromatic carbocycles. The van der Waals surface area contributed by atoms with E-state index >= 15 is 0 Å². The summed E-state index contributed by atoms with van der Waals surface area (Å²) in [5.74, 6) is -1.75. The van der Waals surface area contributed by atoms with E-state index in [1.807, 2.05) is 55.5 Å². The number of aromatic hydroxyl groups is 1. The normalized spacial score (nSPS) is 16.1. The Morgan fingerprint density at radius 3 is 2.17 bits per heavy atom. The fourth-order valence-electron chi connectivity index (χ4n) is 6.06. The van der Waals surface area contributed by atoms with Gasteiger partial charge in [-0.25, -0.2) is 0 Å². The SMILES string of the molecule is Cc1cccc(C(C)C)c1C[C@H](NC(=O)[C@@H]1CCCN1C(=O)[C@@H](N)Cc1ccc(O)cc1)C(=O)N[C@@H](Cc1ccccc1)C(N)=O.Cl. The summed E-state index contributed by atoms with van der Waals surface area (Å²) in [6, 6.07) is 18.0. The van der Waals surface area contributed by atoms with Crippen molar-refractivity contribution in [3.63, 3.8) is 0 Å². The van der Waals surface area contributed by atoms with Crippen LogP contribution in [0.2, 0.25) is 0 Å². The van der Waals surface area contributed by atoms with Crippen LogP contribution in [-0.2, 0) is 38.4 Å². The fraction of sp³-hybridized carbons (Fsp3) is 0.389. The first-order chi connectivity index (χ1) is 21.9. The number of carbonyl (C=O) groups excluding carboxylic acids is 4. The number of benzene rings is 3. The summed E-state index contributed by atoms with van der Waals surface area (Å²) in [5.41, 5.74) is 16.6. The Labute approximate surface area is 282 Å². The molecule has 252 valence electrons. The van der Waals surface area contributed by atoms with Crippen molar-refractivity contribution in [2.75, 3.05) is 6.54 Å². The number of amides is 4. The third-order valence-electron chi connectivity index (χ3n) is 8.60. The third kappa shape index (κ3) is 9.79. The van der Waals surface area contributed by atoms with E-state index in [1.165, 1.54) is 17.0 Å². The van der Waals surface area contributed by atoms with Crippen LogP contribution in [0.3, 0.4) is 0 Å². The highest BCUT2D eigenvalue weighted by Gasteiger charge is 2.38. The summed E-state index contributed by atoms with van der Waals surface area (Å²) in [5, 5.41) is 15.3. The van der Waals surface area contributed by atoms with Gasteiger partial charge in [-0.15, -0.1) is 12.4 Å². The zero-order valence-corrected chi connectivity index (χ0v) is 28.0. The summed E-state index contributed by atoms with van der Waals surface area (Å²) in [6.07, 6.45) is 1.68. The lowest BCUT2D eigenvalue weighted by atomic mass is 9.89. The minimum absolute atomic E-state index is 0. The Balaban J connectivity index is 0.00000600. The number of hydrogen-bond acceptors (Lipinski definition) is 6. The summed E-state index contributed by atoms with van der Waals surface area (Å²) < 4.78 is 0. The van der Waals surface area contributed by atoms with Crippen molar-refractivity contribution < 1.29 is 24.3 Å². The maximum absolute atomic E-state index is 13.9. The number of phenols is 1. The summed E-state index contributed by atoms with van der Waals surface area (Å²) >= 11 is 0. The first-order valence-electron chi connectivity index (χ1n) is 15.8. The van der Waals surface area contributed by atoms with Crippen molar-refractivity contribution in [2.24, 2.45) is 11.5 Å². The van der Waals surface area contributed by atoms with Crippen molar-refractivity contribution in [1.82, 2.24) is 15.5 Å². The molecule has 10 nitrogen and oxygen atoms in total. The molecule has 0 unspecified atom stereocenters. The van der Waals surface area contributed by atoms with Crippen LogP contribution in [-0.4, -0.2) is 64.3 Å². The van der Waals surface area contributed by atoms with Crippen LogP contribution in [0.5, 0.6) is 5.75 Å². The molecular weight excluding hydrogens is 618 g/mol. The Kier molecular flexibility index (Phi) is 13.4. The summed E-state index contributed by atoms with van der Waals surface area (Å²) in [4.78, 5) is 55.1. The van der Waals surface area contributed by atoms with Crippen molar-refractivity contribution in [2.45, 2.75) is 83.0 Å². The predicted octanol–water partition coefficient (Wildman–Crippen LogP) is 3.05. The number of nitrogens with zero attached hydrogens (tertiary/aromatic N) is 1. The third-order valence-corrected chi connectivity index (χ3v) is 8.60. The van der Waals surface area contributed by atoms with Gasteiger partial charge < -0.3 is 32.1 Å². The second kappa shape index (κ2) is 16.9. The van der Waals surface area contributed by atoms with Crippen molar-refractivity contribution in [1.29, 1.82) is 0 Å². The quantitative estimate of drug-likeness (QED) is 0.188. The molecule has 0 spiro atoms. The number of primary amides is 1. The Bertz CT molecular complexity index is 1530. The molecule has 4 rings (SSSR count). The largest absolute Gasteiger partial charge is 0.508 e. The molecule has 1 aliphatic heterocycles. The van der Waals surface area contributed by atoms with Crippen LogP contribution in [0.25, 0.3) is 0 Å². The monoisotopic (exact) mass is 663 g/mol. The highest BCUT2D eigenvalue weighted by Crippen LogP contribution is 2.25. The van der Waals surface area contributed by atoms with Gasteiger partial charge in [-0.05, 0) is 72.1 Å². The van der Waals surface area contributed by atoms with E-state index in [1.54, 1.807) is 12.1 Å². The first-order valence-corrected chi connectivity index (χ1v) is 15.8.